The summed E-state index contributed by atoms with van der Waals surface area (Å²) in [7, 11) is -2.38. The Bertz CT molecular complexity index is 576. The van der Waals surface area contributed by atoms with E-state index in [4.69, 9.17) is 30.1 Å². The summed E-state index contributed by atoms with van der Waals surface area (Å²) in [6.45, 7) is 6.88. The maximum Gasteiger partial charge on any atom is 0.376 e. The third-order valence-electron chi connectivity index (χ3n) is 2.76. The van der Waals surface area contributed by atoms with Crippen LogP contribution in [-0.4, -0.2) is 31.2 Å². The van der Waals surface area contributed by atoms with E-state index >= 15 is 0 Å². The van der Waals surface area contributed by atoms with Gasteiger partial charge in [-0.05, 0) is 33.8 Å². The fourth-order valence-corrected chi connectivity index (χ4v) is 4.36. The summed E-state index contributed by atoms with van der Waals surface area (Å²) in [5.74, 6) is -1.98. The Labute approximate surface area is 147 Å². The molecular weight excluding hydrogens is 355 g/mol. The summed E-state index contributed by atoms with van der Waals surface area (Å²) in [4.78, 5) is 11.8. The van der Waals surface area contributed by atoms with Gasteiger partial charge in [0.15, 0.2) is 0 Å². The minimum absolute atomic E-state index is 0.380. The van der Waals surface area contributed by atoms with Crippen molar-refractivity contribution in [2.24, 2.45) is 0 Å². The van der Waals surface area contributed by atoms with Crippen molar-refractivity contribution in [2.75, 3.05) is 13.0 Å². The zero-order chi connectivity index (χ0) is 18.3. The van der Waals surface area contributed by atoms with Crippen LogP contribution in [-0.2, 0) is 23.1 Å². The van der Waals surface area contributed by atoms with Crippen LogP contribution in [0.1, 0.15) is 39.1 Å². The van der Waals surface area contributed by atoms with Crippen LogP contribution in [0.5, 0.6) is 5.75 Å². The highest BCUT2D eigenvalue weighted by Gasteiger charge is 2.43. The van der Waals surface area contributed by atoms with E-state index in [1.165, 1.54) is 7.11 Å². The summed E-state index contributed by atoms with van der Waals surface area (Å²) in [6.07, 6.45) is -0.803. The van der Waals surface area contributed by atoms with Crippen molar-refractivity contribution >= 4 is 25.2 Å². The van der Waals surface area contributed by atoms with E-state index in [0.717, 1.165) is 0 Å². The molecule has 1 atom stereocenters. The molecule has 0 saturated heterocycles. The molecule has 6 nitrogen and oxygen atoms in total. The molecule has 0 N–H and O–H groups in total. The molecule has 24 heavy (non-hydrogen) atoms. The quantitative estimate of drug-likeness (QED) is 0.357. The van der Waals surface area contributed by atoms with Crippen molar-refractivity contribution in [2.45, 2.75) is 45.7 Å². The number of carbonyl (C=O) groups excluding carboxylic acids is 1. The lowest BCUT2D eigenvalue weighted by atomic mass is 10.2. The molecule has 8 heteroatoms. The van der Waals surface area contributed by atoms with Gasteiger partial charge in [-0.1, -0.05) is 18.2 Å². The zero-order valence-corrected chi connectivity index (χ0v) is 16.2. The van der Waals surface area contributed by atoms with Gasteiger partial charge in [-0.3, -0.25) is 9.36 Å². The fourth-order valence-electron chi connectivity index (χ4n) is 2.05. The van der Waals surface area contributed by atoms with E-state index in [0.29, 0.717) is 11.3 Å². The van der Waals surface area contributed by atoms with Crippen LogP contribution in [0, 0.1) is 0 Å². The van der Waals surface area contributed by atoms with Crippen molar-refractivity contribution in [3.8, 4) is 5.75 Å². The Morgan fingerprint density at radius 2 is 1.67 bits per heavy atom. The van der Waals surface area contributed by atoms with Gasteiger partial charge in [-0.2, -0.15) is 0 Å². The molecule has 0 aromatic heterocycles. The maximum absolute atomic E-state index is 13.4. The maximum atomic E-state index is 13.4. The van der Waals surface area contributed by atoms with Gasteiger partial charge in [0.1, 0.15) is 11.6 Å². The first-order chi connectivity index (χ1) is 11.2. The van der Waals surface area contributed by atoms with Crippen LogP contribution >= 0.6 is 19.2 Å². The van der Waals surface area contributed by atoms with E-state index < -0.39 is 31.6 Å². The van der Waals surface area contributed by atoms with Gasteiger partial charge in [-0.15, -0.1) is 11.6 Å². The third kappa shape index (κ3) is 5.78. The number of ether oxygens (including phenoxy) is 2. The number of para-hydroxylation sites is 1. The van der Waals surface area contributed by atoms with E-state index in [1.807, 2.05) is 0 Å². The Morgan fingerprint density at radius 1 is 1.12 bits per heavy atom. The largest absolute Gasteiger partial charge is 0.496 e. The molecule has 0 fully saturated rings. The van der Waals surface area contributed by atoms with Crippen LogP contribution in [0.3, 0.4) is 0 Å². The second kappa shape index (κ2) is 9.42. The number of esters is 1. The molecule has 0 radical (unpaired) electrons. The van der Waals surface area contributed by atoms with Crippen LogP contribution in [0.15, 0.2) is 24.3 Å². The topological polar surface area (TPSA) is 71.1 Å². The molecule has 0 unspecified atom stereocenters. The second-order valence-corrected chi connectivity index (χ2v) is 7.80. The lowest BCUT2D eigenvalue weighted by Crippen LogP contribution is -2.19. The number of benzene rings is 1. The molecule has 0 bridgehead atoms. The molecule has 0 amide bonds. The smallest absolute Gasteiger partial charge is 0.376 e. The van der Waals surface area contributed by atoms with Gasteiger partial charge >= 0.3 is 13.6 Å². The monoisotopic (exact) mass is 378 g/mol. The molecule has 0 spiro atoms. The number of carbonyl (C=O) groups is 1. The Kier molecular flexibility index (Phi) is 8.23. The SMILES string of the molecule is COc1ccccc1[C@@H](OC(=O)CCl)P(=O)(OC(C)C)OC(C)C. The first-order valence-corrected chi connectivity index (χ1v) is 9.73. The molecule has 1 aromatic rings. The summed E-state index contributed by atoms with van der Waals surface area (Å²) < 4.78 is 35.2. The summed E-state index contributed by atoms with van der Waals surface area (Å²) in [5, 5.41) is 0. The van der Waals surface area contributed by atoms with Gasteiger partial charge in [0.2, 0.25) is 5.85 Å². The average molecular weight is 379 g/mol. The Morgan fingerprint density at radius 3 is 2.12 bits per heavy atom. The Balaban J connectivity index is 3.42. The van der Waals surface area contributed by atoms with Gasteiger partial charge in [0, 0.05) is 5.56 Å². The number of methoxy groups -OCH3 is 1. The van der Waals surface area contributed by atoms with Gasteiger partial charge in [-0.25, -0.2) is 0 Å². The van der Waals surface area contributed by atoms with Crippen molar-refractivity contribution in [1.82, 2.24) is 0 Å². The van der Waals surface area contributed by atoms with E-state index in [9.17, 15) is 9.36 Å². The predicted molar refractivity (Wildman–Crippen MR) is 92.6 cm³/mol. The highest BCUT2D eigenvalue weighted by atomic mass is 35.5. The summed E-state index contributed by atoms with van der Waals surface area (Å²) >= 11 is 5.54. The minimum Gasteiger partial charge on any atom is -0.496 e. The molecule has 0 aliphatic carbocycles. The minimum atomic E-state index is -3.85. The number of halogens is 1. The standard InChI is InChI=1S/C16H24ClO6P/c1-11(2)22-24(19,23-12(3)4)16(21-15(18)10-17)13-8-6-7-9-14(13)20-5/h6-9,11-12,16H,10H2,1-5H3/t16-/m0/s1. The van der Waals surface area contributed by atoms with Crippen molar-refractivity contribution in [3.05, 3.63) is 29.8 Å². The predicted octanol–water partition coefficient (Wildman–Crippen LogP) is 4.52. The van der Waals surface area contributed by atoms with E-state index in [-0.39, 0.29) is 5.88 Å². The molecule has 0 saturated carbocycles. The highest BCUT2D eigenvalue weighted by molar-refractivity contribution is 7.54. The van der Waals surface area contributed by atoms with Gasteiger partial charge in [0.05, 0.1) is 19.3 Å². The molecule has 136 valence electrons. The van der Waals surface area contributed by atoms with E-state index in [1.54, 1.807) is 52.0 Å². The van der Waals surface area contributed by atoms with Gasteiger partial charge in [0.25, 0.3) is 0 Å². The third-order valence-corrected chi connectivity index (χ3v) is 5.37. The molecule has 1 rings (SSSR count). The lowest BCUT2D eigenvalue weighted by molar-refractivity contribution is -0.143. The van der Waals surface area contributed by atoms with Crippen molar-refractivity contribution in [1.29, 1.82) is 0 Å². The lowest BCUT2D eigenvalue weighted by Gasteiger charge is -2.30. The number of alkyl halides is 1. The first kappa shape index (κ1) is 21.0. The molecule has 0 aliphatic heterocycles. The van der Waals surface area contributed by atoms with Gasteiger partial charge < -0.3 is 18.5 Å². The first-order valence-electron chi connectivity index (χ1n) is 7.58. The average Bonchev–Trinajstić information content (AvgIpc) is 2.50. The zero-order valence-electron chi connectivity index (χ0n) is 14.5. The number of hydrogen-bond acceptors (Lipinski definition) is 6. The number of hydrogen-bond donors (Lipinski definition) is 0. The summed E-state index contributed by atoms with van der Waals surface area (Å²) in [5.41, 5.74) is 0.392. The van der Waals surface area contributed by atoms with Crippen molar-refractivity contribution < 1.29 is 27.9 Å². The summed E-state index contributed by atoms with van der Waals surface area (Å²) in [6, 6.07) is 6.78. The van der Waals surface area contributed by atoms with Crippen LogP contribution < -0.4 is 4.74 Å². The van der Waals surface area contributed by atoms with Crippen LogP contribution in [0.2, 0.25) is 0 Å². The Hall–Kier alpha value is -1.07. The molecule has 0 aliphatic rings. The van der Waals surface area contributed by atoms with Crippen LogP contribution in [0.4, 0.5) is 0 Å². The fraction of sp³-hybridized carbons (Fsp3) is 0.562. The van der Waals surface area contributed by atoms with E-state index in [2.05, 4.69) is 0 Å². The molecule has 1 aromatic carbocycles. The highest BCUT2D eigenvalue weighted by Crippen LogP contribution is 2.64. The molecular formula is C16H24ClO6P. The number of rotatable bonds is 9. The normalized spacial score (nSPS) is 13.2. The van der Waals surface area contributed by atoms with Crippen LogP contribution in [0.25, 0.3) is 0 Å². The van der Waals surface area contributed by atoms with Crippen molar-refractivity contribution in [3.63, 3.8) is 0 Å². The second-order valence-electron chi connectivity index (χ2n) is 5.57. The molecule has 0 heterocycles.